The predicted octanol–water partition coefficient (Wildman–Crippen LogP) is 2.59. The van der Waals surface area contributed by atoms with E-state index >= 15 is 0 Å². The molecule has 1 atom stereocenters. The number of thiazole rings is 1. The van der Waals surface area contributed by atoms with Gasteiger partial charge in [-0.05, 0) is 6.07 Å². The van der Waals surface area contributed by atoms with Crippen LogP contribution in [-0.2, 0) is 6.42 Å². The van der Waals surface area contributed by atoms with Gasteiger partial charge in [0, 0.05) is 23.7 Å². The highest BCUT2D eigenvalue weighted by Crippen LogP contribution is 2.26. The molecule has 0 aromatic carbocycles. The summed E-state index contributed by atoms with van der Waals surface area (Å²) in [7, 11) is 0. The zero-order valence-corrected chi connectivity index (χ0v) is 11.1. The molecule has 0 aliphatic rings. The molecule has 0 spiro atoms. The maximum atomic E-state index is 6.09. The molecule has 2 heterocycles. The molecule has 0 amide bonds. The van der Waals surface area contributed by atoms with Crippen LogP contribution >= 0.6 is 34.5 Å². The van der Waals surface area contributed by atoms with Gasteiger partial charge < -0.3 is 0 Å². The van der Waals surface area contributed by atoms with E-state index in [0.29, 0.717) is 22.2 Å². The lowest BCUT2D eigenvalue weighted by Crippen LogP contribution is -2.30. The molecule has 3 N–H and O–H groups in total. The molecule has 1 unspecified atom stereocenters. The van der Waals surface area contributed by atoms with Crippen molar-refractivity contribution in [3.8, 4) is 0 Å². The molecular weight excluding hydrogens is 279 g/mol. The molecule has 17 heavy (non-hydrogen) atoms. The standard InChI is InChI=1S/C10H10Cl2N4S/c11-6-1-8(12)10(15-3-6)9(16-13)2-7-4-14-5-17-7/h1,3-5,9,16H,2,13H2. The van der Waals surface area contributed by atoms with Gasteiger partial charge in [-0.3, -0.25) is 21.2 Å². The van der Waals surface area contributed by atoms with E-state index in [0.717, 1.165) is 4.88 Å². The molecule has 0 bridgehead atoms. The Bertz CT molecular complexity index is 489. The molecule has 90 valence electrons. The van der Waals surface area contributed by atoms with Crippen molar-refractivity contribution in [2.24, 2.45) is 5.84 Å². The molecule has 0 aliphatic heterocycles. The van der Waals surface area contributed by atoms with Crippen molar-refractivity contribution in [1.29, 1.82) is 0 Å². The lowest BCUT2D eigenvalue weighted by atomic mass is 10.1. The van der Waals surface area contributed by atoms with Crippen molar-refractivity contribution in [3.05, 3.63) is 44.6 Å². The Labute approximate surface area is 113 Å². The quantitative estimate of drug-likeness (QED) is 0.671. The van der Waals surface area contributed by atoms with Gasteiger partial charge in [-0.2, -0.15) is 0 Å². The maximum Gasteiger partial charge on any atom is 0.0794 e. The third-order valence-corrected chi connectivity index (χ3v) is 3.57. The SMILES string of the molecule is NNC(Cc1cncs1)c1ncc(Cl)cc1Cl. The second kappa shape index (κ2) is 5.75. The number of hydrogen-bond donors (Lipinski definition) is 2. The number of nitrogens with one attached hydrogen (secondary N) is 1. The van der Waals surface area contributed by atoms with Crippen molar-refractivity contribution in [2.75, 3.05) is 0 Å². The Kier molecular flexibility index (Phi) is 4.31. The summed E-state index contributed by atoms with van der Waals surface area (Å²) in [4.78, 5) is 9.33. The van der Waals surface area contributed by atoms with Crippen molar-refractivity contribution < 1.29 is 0 Å². The van der Waals surface area contributed by atoms with Crippen LogP contribution in [0.5, 0.6) is 0 Å². The minimum atomic E-state index is -0.153. The topological polar surface area (TPSA) is 63.8 Å². The number of hydrogen-bond acceptors (Lipinski definition) is 5. The van der Waals surface area contributed by atoms with Crippen LogP contribution < -0.4 is 11.3 Å². The number of pyridine rings is 1. The average Bonchev–Trinajstić information content (AvgIpc) is 2.79. The Balaban J connectivity index is 2.23. The number of rotatable bonds is 4. The molecule has 0 fully saturated rings. The van der Waals surface area contributed by atoms with Gasteiger partial charge in [-0.15, -0.1) is 11.3 Å². The molecular formula is C10H10Cl2N4S. The first-order chi connectivity index (χ1) is 8.20. The molecule has 0 saturated heterocycles. The Morgan fingerprint density at radius 2 is 2.24 bits per heavy atom. The second-order valence-corrected chi connectivity index (χ2v) is 5.23. The summed E-state index contributed by atoms with van der Waals surface area (Å²) in [5.41, 5.74) is 5.17. The maximum absolute atomic E-state index is 6.09. The summed E-state index contributed by atoms with van der Waals surface area (Å²) >= 11 is 13.5. The third-order valence-electron chi connectivity index (χ3n) is 2.26. The molecule has 7 heteroatoms. The minimum Gasteiger partial charge on any atom is -0.271 e. The molecule has 0 aliphatic carbocycles. The smallest absolute Gasteiger partial charge is 0.0794 e. The average molecular weight is 289 g/mol. The molecule has 0 saturated carbocycles. The van der Waals surface area contributed by atoms with Crippen LogP contribution in [0.4, 0.5) is 0 Å². The van der Waals surface area contributed by atoms with Gasteiger partial charge in [0.25, 0.3) is 0 Å². The first kappa shape index (κ1) is 12.7. The fraction of sp³-hybridized carbons (Fsp3) is 0.200. The Morgan fingerprint density at radius 1 is 1.41 bits per heavy atom. The number of halogens is 2. The van der Waals surface area contributed by atoms with E-state index in [9.17, 15) is 0 Å². The molecule has 2 rings (SSSR count). The van der Waals surface area contributed by atoms with Gasteiger partial charge in [0.05, 0.1) is 27.3 Å². The number of aromatic nitrogens is 2. The summed E-state index contributed by atoms with van der Waals surface area (Å²) in [6.45, 7) is 0. The van der Waals surface area contributed by atoms with E-state index < -0.39 is 0 Å². The fourth-order valence-corrected chi connectivity index (χ4v) is 2.61. The monoisotopic (exact) mass is 288 g/mol. The van der Waals surface area contributed by atoms with Gasteiger partial charge in [0.1, 0.15) is 0 Å². The van der Waals surface area contributed by atoms with Gasteiger partial charge in [-0.25, -0.2) is 0 Å². The number of hydrazine groups is 1. The van der Waals surface area contributed by atoms with E-state index in [1.165, 1.54) is 0 Å². The lowest BCUT2D eigenvalue weighted by Gasteiger charge is -2.15. The van der Waals surface area contributed by atoms with Crippen molar-refractivity contribution in [3.63, 3.8) is 0 Å². The molecule has 2 aromatic heterocycles. The second-order valence-electron chi connectivity index (χ2n) is 3.41. The van der Waals surface area contributed by atoms with Crippen molar-refractivity contribution >= 4 is 34.5 Å². The highest BCUT2D eigenvalue weighted by molar-refractivity contribution is 7.09. The van der Waals surface area contributed by atoms with Crippen LogP contribution in [0.3, 0.4) is 0 Å². The van der Waals surface area contributed by atoms with Gasteiger partial charge >= 0.3 is 0 Å². The first-order valence-corrected chi connectivity index (χ1v) is 6.48. The largest absolute Gasteiger partial charge is 0.271 e. The Morgan fingerprint density at radius 3 is 2.82 bits per heavy atom. The van der Waals surface area contributed by atoms with Gasteiger partial charge in [0.15, 0.2) is 0 Å². The van der Waals surface area contributed by atoms with Crippen molar-refractivity contribution in [2.45, 2.75) is 12.5 Å². The fourth-order valence-electron chi connectivity index (χ4n) is 1.46. The van der Waals surface area contributed by atoms with Crippen LogP contribution in [0.15, 0.2) is 24.0 Å². The summed E-state index contributed by atoms with van der Waals surface area (Å²) in [6, 6.07) is 1.50. The Hall–Kier alpha value is -0.720. The molecule has 4 nitrogen and oxygen atoms in total. The van der Waals surface area contributed by atoms with Crippen LogP contribution in [-0.4, -0.2) is 9.97 Å². The van der Waals surface area contributed by atoms with Crippen LogP contribution in [0.25, 0.3) is 0 Å². The summed E-state index contributed by atoms with van der Waals surface area (Å²) in [5, 5.41) is 1.01. The summed E-state index contributed by atoms with van der Waals surface area (Å²) < 4.78 is 0. The lowest BCUT2D eigenvalue weighted by molar-refractivity contribution is 0.542. The minimum absolute atomic E-state index is 0.153. The summed E-state index contributed by atoms with van der Waals surface area (Å²) in [6.07, 6.45) is 4.05. The van der Waals surface area contributed by atoms with Gasteiger partial charge in [0.2, 0.25) is 0 Å². The van der Waals surface area contributed by atoms with Crippen LogP contribution in [0.2, 0.25) is 10.0 Å². The van der Waals surface area contributed by atoms with Crippen molar-refractivity contribution in [1.82, 2.24) is 15.4 Å². The van der Waals surface area contributed by atoms with E-state index in [2.05, 4.69) is 15.4 Å². The highest BCUT2D eigenvalue weighted by Gasteiger charge is 2.16. The molecule has 0 radical (unpaired) electrons. The highest BCUT2D eigenvalue weighted by atomic mass is 35.5. The molecule has 2 aromatic rings. The summed E-state index contributed by atoms with van der Waals surface area (Å²) in [5.74, 6) is 5.53. The van der Waals surface area contributed by atoms with Crippen LogP contribution in [0, 0.1) is 0 Å². The van der Waals surface area contributed by atoms with Crippen LogP contribution in [0.1, 0.15) is 16.6 Å². The van der Waals surface area contributed by atoms with E-state index in [4.69, 9.17) is 29.0 Å². The third kappa shape index (κ3) is 3.14. The van der Waals surface area contributed by atoms with E-state index in [1.807, 2.05) is 0 Å². The zero-order chi connectivity index (χ0) is 12.3. The van der Waals surface area contributed by atoms with Gasteiger partial charge in [-0.1, -0.05) is 23.2 Å². The van der Waals surface area contributed by atoms with E-state index in [-0.39, 0.29) is 6.04 Å². The normalized spacial score (nSPS) is 12.6. The predicted molar refractivity (Wildman–Crippen MR) is 70.1 cm³/mol. The number of nitrogens with zero attached hydrogens (tertiary/aromatic N) is 2. The zero-order valence-electron chi connectivity index (χ0n) is 8.73. The number of nitrogens with two attached hydrogens (primary N) is 1. The van der Waals surface area contributed by atoms with E-state index in [1.54, 1.807) is 35.3 Å². The first-order valence-electron chi connectivity index (χ1n) is 4.85.